The van der Waals surface area contributed by atoms with Gasteiger partial charge in [0.15, 0.2) is 0 Å². The summed E-state index contributed by atoms with van der Waals surface area (Å²) in [5.74, 6) is 0.709. The van der Waals surface area contributed by atoms with E-state index in [2.05, 4.69) is 44.8 Å². The van der Waals surface area contributed by atoms with Crippen LogP contribution in [-0.4, -0.2) is 51.3 Å². The molecule has 0 spiro atoms. The predicted molar refractivity (Wildman–Crippen MR) is 80.1 cm³/mol. The van der Waals surface area contributed by atoms with Gasteiger partial charge in [-0.3, -0.25) is 0 Å². The zero-order chi connectivity index (χ0) is 14.0. The molecule has 0 aromatic rings. The first-order valence-corrected chi connectivity index (χ1v) is 7.33. The van der Waals surface area contributed by atoms with E-state index in [1.807, 2.05) is 0 Å². The minimum absolute atomic E-state index is 0.317. The van der Waals surface area contributed by atoms with Crippen LogP contribution in [0.2, 0.25) is 0 Å². The molecule has 0 unspecified atom stereocenters. The van der Waals surface area contributed by atoms with Gasteiger partial charge in [0.25, 0.3) is 0 Å². The lowest BCUT2D eigenvalue weighted by Crippen LogP contribution is -2.43. The second-order valence-electron chi connectivity index (χ2n) is 6.46. The van der Waals surface area contributed by atoms with Crippen molar-refractivity contribution < 1.29 is 4.74 Å². The number of nitrogens with one attached hydrogen (secondary N) is 1. The summed E-state index contributed by atoms with van der Waals surface area (Å²) in [4.78, 5) is 2.53. The molecule has 0 aromatic carbocycles. The average Bonchev–Trinajstić information content (AvgIpc) is 2.24. The first kappa shape index (κ1) is 17.9. The third kappa shape index (κ3) is 9.86. The van der Waals surface area contributed by atoms with Gasteiger partial charge in [-0.1, -0.05) is 34.6 Å². The minimum atomic E-state index is 0.317. The normalized spacial score (nSPS) is 12.7. The van der Waals surface area contributed by atoms with Crippen LogP contribution in [0.5, 0.6) is 0 Å². The quantitative estimate of drug-likeness (QED) is 0.577. The summed E-state index contributed by atoms with van der Waals surface area (Å²) in [7, 11) is 1.78. The molecule has 3 heteroatoms. The van der Waals surface area contributed by atoms with Crippen LogP contribution < -0.4 is 5.32 Å². The van der Waals surface area contributed by atoms with E-state index in [4.69, 9.17) is 4.74 Å². The van der Waals surface area contributed by atoms with E-state index in [0.29, 0.717) is 11.3 Å². The highest BCUT2D eigenvalue weighted by atomic mass is 16.5. The van der Waals surface area contributed by atoms with Gasteiger partial charge in [-0.25, -0.2) is 0 Å². The lowest BCUT2D eigenvalue weighted by Gasteiger charge is -2.34. The van der Waals surface area contributed by atoms with E-state index < -0.39 is 0 Å². The number of hydrogen-bond donors (Lipinski definition) is 1. The fourth-order valence-electron chi connectivity index (χ4n) is 2.24. The summed E-state index contributed by atoms with van der Waals surface area (Å²) in [6, 6.07) is 0. The van der Waals surface area contributed by atoms with Crippen molar-refractivity contribution in [1.29, 1.82) is 0 Å². The Morgan fingerprint density at radius 2 is 1.94 bits per heavy atom. The van der Waals surface area contributed by atoms with Crippen LogP contribution in [0, 0.1) is 11.3 Å². The van der Waals surface area contributed by atoms with Crippen molar-refractivity contribution in [3.8, 4) is 0 Å². The highest BCUT2D eigenvalue weighted by Gasteiger charge is 2.21. The zero-order valence-corrected chi connectivity index (χ0v) is 13.4. The van der Waals surface area contributed by atoms with Gasteiger partial charge >= 0.3 is 0 Å². The van der Waals surface area contributed by atoms with Gasteiger partial charge in [-0.15, -0.1) is 0 Å². The lowest BCUT2D eigenvalue weighted by atomic mass is 9.92. The molecule has 0 rings (SSSR count). The molecule has 0 radical (unpaired) electrons. The van der Waals surface area contributed by atoms with Crippen LogP contribution in [0.15, 0.2) is 0 Å². The van der Waals surface area contributed by atoms with Crippen LogP contribution in [0.4, 0.5) is 0 Å². The molecule has 3 nitrogen and oxygen atoms in total. The summed E-state index contributed by atoms with van der Waals surface area (Å²) in [6.07, 6.45) is 1.20. The topological polar surface area (TPSA) is 24.5 Å². The zero-order valence-electron chi connectivity index (χ0n) is 13.4. The van der Waals surface area contributed by atoms with E-state index in [1.165, 1.54) is 6.42 Å². The molecule has 0 fully saturated rings. The molecule has 0 saturated carbocycles. The molecule has 0 aliphatic heterocycles. The van der Waals surface area contributed by atoms with E-state index in [9.17, 15) is 0 Å². The molecular weight excluding hydrogens is 224 g/mol. The van der Waals surface area contributed by atoms with E-state index >= 15 is 0 Å². The second-order valence-corrected chi connectivity index (χ2v) is 6.46. The van der Waals surface area contributed by atoms with Crippen molar-refractivity contribution in [1.82, 2.24) is 10.2 Å². The number of rotatable bonds is 11. The number of nitrogens with zero attached hydrogens (tertiary/aromatic N) is 1. The Labute approximate surface area is 114 Å². The summed E-state index contributed by atoms with van der Waals surface area (Å²) in [5.41, 5.74) is 0.317. The van der Waals surface area contributed by atoms with E-state index in [1.54, 1.807) is 7.11 Å². The molecule has 0 aliphatic carbocycles. The molecule has 0 amide bonds. The van der Waals surface area contributed by atoms with Crippen molar-refractivity contribution in [3.63, 3.8) is 0 Å². The van der Waals surface area contributed by atoms with Crippen LogP contribution in [0.1, 0.15) is 41.0 Å². The van der Waals surface area contributed by atoms with Gasteiger partial charge in [0.05, 0.1) is 6.61 Å². The highest BCUT2D eigenvalue weighted by Crippen LogP contribution is 2.16. The molecule has 0 aliphatic rings. The van der Waals surface area contributed by atoms with Crippen molar-refractivity contribution in [3.05, 3.63) is 0 Å². The summed E-state index contributed by atoms with van der Waals surface area (Å²) in [6.45, 7) is 17.8. The van der Waals surface area contributed by atoms with Crippen molar-refractivity contribution >= 4 is 0 Å². The molecule has 110 valence electrons. The van der Waals surface area contributed by atoms with Gasteiger partial charge in [-0.2, -0.15) is 0 Å². The van der Waals surface area contributed by atoms with Gasteiger partial charge in [0.2, 0.25) is 0 Å². The first-order valence-electron chi connectivity index (χ1n) is 7.33. The Kier molecular flexibility index (Phi) is 9.70. The number of methoxy groups -OCH3 is 1. The Balaban J connectivity index is 4.16. The summed E-state index contributed by atoms with van der Waals surface area (Å²) >= 11 is 0. The van der Waals surface area contributed by atoms with Crippen LogP contribution in [-0.2, 0) is 4.74 Å². The second kappa shape index (κ2) is 9.76. The molecule has 0 heterocycles. The first-order chi connectivity index (χ1) is 8.41. The third-order valence-corrected chi connectivity index (χ3v) is 2.92. The van der Waals surface area contributed by atoms with Crippen molar-refractivity contribution in [2.45, 2.75) is 41.0 Å². The van der Waals surface area contributed by atoms with Gasteiger partial charge in [-0.05, 0) is 24.3 Å². The predicted octanol–water partition coefficient (Wildman–Crippen LogP) is 2.62. The number of hydrogen-bond acceptors (Lipinski definition) is 3. The average molecular weight is 258 g/mol. The van der Waals surface area contributed by atoms with Gasteiger partial charge < -0.3 is 15.0 Å². The van der Waals surface area contributed by atoms with Crippen molar-refractivity contribution in [2.75, 3.05) is 46.4 Å². The standard InChI is InChI=1S/C15H34N2O/c1-7-8-16-12-15(4,5)13-17(9-10-18-6)11-14(2)3/h14,16H,7-13H2,1-6H3. The molecule has 0 saturated heterocycles. The van der Waals surface area contributed by atoms with E-state index in [-0.39, 0.29) is 0 Å². The van der Waals surface area contributed by atoms with Crippen LogP contribution in [0.3, 0.4) is 0 Å². The van der Waals surface area contributed by atoms with Gasteiger partial charge in [0, 0.05) is 33.3 Å². The lowest BCUT2D eigenvalue weighted by molar-refractivity contribution is 0.108. The maximum Gasteiger partial charge on any atom is 0.0589 e. The summed E-state index contributed by atoms with van der Waals surface area (Å²) in [5, 5.41) is 3.53. The fourth-order valence-corrected chi connectivity index (χ4v) is 2.24. The highest BCUT2D eigenvalue weighted by molar-refractivity contribution is 4.77. The molecule has 0 atom stereocenters. The Morgan fingerprint density at radius 3 is 2.44 bits per heavy atom. The van der Waals surface area contributed by atoms with Crippen LogP contribution >= 0.6 is 0 Å². The largest absolute Gasteiger partial charge is 0.383 e. The minimum Gasteiger partial charge on any atom is -0.383 e. The van der Waals surface area contributed by atoms with Crippen LogP contribution in [0.25, 0.3) is 0 Å². The maximum atomic E-state index is 5.21. The molecule has 0 aromatic heterocycles. The Bertz CT molecular complexity index is 193. The third-order valence-electron chi connectivity index (χ3n) is 2.92. The molecule has 0 bridgehead atoms. The molecule has 1 N–H and O–H groups in total. The Morgan fingerprint density at radius 1 is 1.28 bits per heavy atom. The maximum absolute atomic E-state index is 5.21. The van der Waals surface area contributed by atoms with E-state index in [0.717, 1.165) is 39.3 Å². The smallest absolute Gasteiger partial charge is 0.0589 e. The monoisotopic (exact) mass is 258 g/mol. The van der Waals surface area contributed by atoms with Crippen molar-refractivity contribution in [2.24, 2.45) is 11.3 Å². The number of ether oxygens (including phenoxy) is 1. The summed E-state index contributed by atoms with van der Waals surface area (Å²) < 4.78 is 5.21. The fraction of sp³-hybridized carbons (Fsp3) is 1.00. The SMILES string of the molecule is CCCNCC(C)(C)CN(CCOC)CC(C)C. The molecular formula is C15H34N2O. The molecule has 18 heavy (non-hydrogen) atoms. The Hall–Kier alpha value is -0.120. The van der Waals surface area contributed by atoms with Gasteiger partial charge in [0.1, 0.15) is 0 Å².